The molecule has 0 saturated heterocycles. The molecule has 0 aliphatic heterocycles. The van der Waals surface area contributed by atoms with Crippen molar-refractivity contribution in [2.75, 3.05) is 18.4 Å². The van der Waals surface area contributed by atoms with Crippen LogP contribution in [-0.2, 0) is 4.79 Å². The Balaban J connectivity index is 2.61. The van der Waals surface area contributed by atoms with Gasteiger partial charge in [-0.25, -0.2) is 0 Å². The molecule has 0 unspecified atom stereocenters. The molecule has 1 aromatic heterocycles. The second kappa shape index (κ2) is 6.88. The average Bonchev–Trinajstić information content (AvgIpc) is 2.35. The maximum atomic E-state index is 12.0. The molecule has 0 aliphatic carbocycles. The lowest BCUT2D eigenvalue weighted by atomic mass is 10.1. The van der Waals surface area contributed by atoms with Gasteiger partial charge in [0.25, 0.3) is 5.91 Å². The standard InChI is InChI=1S/C14H22N4O2/c1-5-16-11-6-7-15-8-10(11)13(20)17-9-12(19)18-14(2,3)4/h6-8H,5,9H2,1-4H3,(H,15,16)(H,17,20)(H,18,19). The molecule has 0 atom stereocenters. The Labute approximate surface area is 119 Å². The Hall–Kier alpha value is -2.11. The summed E-state index contributed by atoms with van der Waals surface area (Å²) in [5.41, 5.74) is 0.819. The lowest BCUT2D eigenvalue weighted by Gasteiger charge is -2.20. The van der Waals surface area contributed by atoms with Crippen molar-refractivity contribution >= 4 is 17.5 Å². The number of amides is 2. The number of rotatable bonds is 5. The second-order valence-corrected chi connectivity index (χ2v) is 5.43. The summed E-state index contributed by atoms with van der Waals surface area (Å²) in [6, 6.07) is 1.73. The SMILES string of the molecule is CCNc1ccncc1C(=O)NCC(=O)NC(C)(C)C. The molecule has 0 aromatic carbocycles. The molecule has 0 aliphatic rings. The molecule has 1 aromatic rings. The summed E-state index contributed by atoms with van der Waals surface area (Å²) in [5, 5.41) is 8.45. The van der Waals surface area contributed by atoms with Crippen LogP contribution in [0, 0.1) is 0 Å². The molecule has 3 N–H and O–H groups in total. The minimum atomic E-state index is -0.321. The van der Waals surface area contributed by atoms with Gasteiger partial charge in [0.05, 0.1) is 17.8 Å². The van der Waals surface area contributed by atoms with E-state index in [2.05, 4.69) is 20.9 Å². The molecular weight excluding hydrogens is 256 g/mol. The highest BCUT2D eigenvalue weighted by Crippen LogP contribution is 2.12. The zero-order valence-electron chi connectivity index (χ0n) is 12.4. The first kappa shape index (κ1) is 15.9. The predicted molar refractivity (Wildman–Crippen MR) is 78.6 cm³/mol. The van der Waals surface area contributed by atoms with Crippen molar-refractivity contribution in [3.63, 3.8) is 0 Å². The summed E-state index contributed by atoms with van der Waals surface area (Å²) in [6.45, 7) is 8.25. The van der Waals surface area contributed by atoms with Crippen LogP contribution in [0.1, 0.15) is 38.1 Å². The number of hydrogen-bond acceptors (Lipinski definition) is 4. The van der Waals surface area contributed by atoms with Gasteiger partial charge in [0.1, 0.15) is 0 Å². The van der Waals surface area contributed by atoms with Crippen molar-refractivity contribution in [1.82, 2.24) is 15.6 Å². The van der Waals surface area contributed by atoms with Crippen molar-refractivity contribution in [1.29, 1.82) is 0 Å². The van der Waals surface area contributed by atoms with E-state index in [0.717, 1.165) is 0 Å². The number of pyridine rings is 1. The van der Waals surface area contributed by atoms with Gasteiger partial charge < -0.3 is 16.0 Å². The van der Waals surface area contributed by atoms with Gasteiger partial charge in [0.2, 0.25) is 5.91 Å². The number of nitrogens with zero attached hydrogens (tertiary/aromatic N) is 1. The first-order valence-electron chi connectivity index (χ1n) is 6.60. The van der Waals surface area contributed by atoms with Gasteiger partial charge in [-0.2, -0.15) is 0 Å². The molecule has 1 heterocycles. The van der Waals surface area contributed by atoms with Crippen molar-refractivity contribution < 1.29 is 9.59 Å². The van der Waals surface area contributed by atoms with Crippen molar-refractivity contribution in [2.24, 2.45) is 0 Å². The topological polar surface area (TPSA) is 83.1 Å². The van der Waals surface area contributed by atoms with Crippen LogP contribution in [0.2, 0.25) is 0 Å². The van der Waals surface area contributed by atoms with Gasteiger partial charge in [-0.1, -0.05) is 0 Å². The number of nitrogens with one attached hydrogen (secondary N) is 3. The van der Waals surface area contributed by atoms with Crippen molar-refractivity contribution in [3.05, 3.63) is 24.0 Å². The predicted octanol–water partition coefficient (Wildman–Crippen LogP) is 1.16. The Bertz CT molecular complexity index is 480. The molecule has 1 rings (SSSR count). The van der Waals surface area contributed by atoms with E-state index in [1.54, 1.807) is 12.3 Å². The first-order valence-corrected chi connectivity index (χ1v) is 6.60. The highest BCUT2D eigenvalue weighted by Gasteiger charge is 2.16. The fourth-order valence-electron chi connectivity index (χ4n) is 1.64. The minimum Gasteiger partial charge on any atom is -0.385 e. The van der Waals surface area contributed by atoms with E-state index in [-0.39, 0.29) is 23.9 Å². The van der Waals surface area contributed by atoms with Crippen LogP contribution >= 0.6 is 0 Å². The van der Waals surface area contributed by atoms with E-state index in [1.807, 2.05) is 27.7 Å². The molecule has 20 heavy (non-hydrogen) atoms. The zero-order valence-corrected chi connectivity index (χ0v) is 12.4. The molecule has 0 spiro atoms. The van der Waals surface area contributed by atoms with Crippen LogP contribution in [0.3, 0.4) is 0 Å². The summed E-state index contributed by atoms with van der Waals surface area (Å²) in [6.07, 6.45) is 3.09. The third-order valence-electron chi connectivity index (χ3n) is 2.36. The lowest BCUT2D eigenvalue weighted by Crippen LogP contribution is -2.45. The van der Waals surface area contributed by atoms with Crippen LogP contribution in [0.4, 0.5) is 5.69 Å². The quantitative estimate of drug-likeness (QED) is 0.754. The van der Waals surface area contributed by atoms with E-state index >= 15 is 0 Å². The molecule has 0 fully saturated rings. The average molecular weight is 278 g/mol. The van der Waals surface area contributed by atoms with Crippen molar-refractivity contribution in [2.45, 2.75) is 33.2 Å². The van der Waals surface area contributed by atoms with Gasteiger partial charge in [0, 0.05) is 24.5 Å². The van der Waals surface area contributed by atoms with Gasteiger partial charge in [0.15, 0.2) is 0 Å². The van der Waals surface area contributed by atoms with Crippen molar-refractivity contribution in [3.8, 4) is 0 Å². The van der Waals surface area contributed by atoms with E-state index in [0.29, 0.717) is 17.8 Å². The minimum absolute atomic E-state index is 0.0590. The van der Waals surface area contributed by atoms with E-state index < -0.39 is 0 Å². The summed E-state index contributed by atoms with van der Waals surface area (Å²) >= 11 is 0. The van der Waals surface area contributed by atoms with Crippen LogP contribution in [0.15, 0.2) is 18.5 Å². The van der Waals surface area contributed by atoms with E-state index in [1.165, 1.54) is 6.20 Å². The molecule has 6 heteroatoms. The molecule has 110 valence electrons. The monoisotopic (exact) mass is 278 g/mol. The number of carbonyl (C=O) groups excluding carboxylic acids is 2. The molecule has 0 saturated carbocycles. The Kier molecular flexibility index (Phi) is 5.49. The van der Waals surface area contributed by atoms with Crippen LogP contribution < -0.4 is 16.0 Å². The highest BCUT2D eigenvalue weighted by molar-refractivity contribution is 6.00. The number of hydrogen-bond donors (Lipinski definition) is 3. The van der Waals surface area contributed by atoms with Gasteiger partial charge in [-0.15, -0.1) is 0 Å². The smallest absolute Gasteiger partial charge is 0.255 e. The normalized spacial score (nSPS) is 10.8. The lowest BCUT2D eigenvalue weighted by molar-refractivity contribution is -0.121. The molecule has 0 radical (unpaired) electrons. The molecule has 0 bridgehead atoms. The summed E-state index contributed by atoms with van der Waals surface area (Å²) < 4.78 is 0. The molecule has 6 nitrogen and oxygen atoms in total. The number of carbonyl (C=O) groups is 2. The van der Waals surface area contributed by atoms with Crippen LogP contribution in [0.25, 0.3) is 0 Å². The molecular formula is C14H22N4O2. The van der Waals surface area contributed by atoms with Crippen LogP contribution in [0.5, 0.6) is 0 Å². The fourth-order valence-corrected chi connectivity index (χ4v) is 1.64. The maximum Gasteiger partial charge on any atom is 0.255 e. The third-order valence-corrected chi connectivity index (χ3v) is 2.36. The summed E-state index contributed by atoms with van der Waals surface area (Å²) in [7, 11) is 0. The summed E-state index contributed by atoms with van der Waals surface area (Å²) in [5.74, 6) is -0.544. The maximum absolute atomic E-state index is 12.0. The Morgan fingerprint density at radius 2 is 2.00 bits per heavy atom. The van der Waals surface area contributed by atoms with E-state index in [9.17, 15) is 9.59 Å². The fraction of sp³-hybridized carbons (Fsp3) is 0.500. The highest BCUT2D eigenvalue weighted by atomic mass is 16.2. The second-order valence-electron chi connectivity index (χ2n) is 5.43. The van der Waals surface area contributed by atoms with Gasteiger partial charge >= 0.3 is 0 Å². The first-order chi connectivity index (χ1) is 9.33. The third kappa shape index (κ3) is 5.26. The van der Waals surface area contributed by atoms with Crippen LogP contribution in [-0.4, -0.2) is 35.4 Å². The summed E-state index contributed by atoms with van der Waals surface area (Å²) in [4.78, 5) is 27.6. The van der Waals surface area contributed by atoms with E-state index in [4.69, 9.17) is 0 Å². The molecule has 2 amide bonds. The number of aromatic nitrogens is 1. The number of anilines is 1. The van der Waals surface area contributed by atoms with Gasteiger partial charge in [-0.3, -0.25) is 14.6 Å². The largest absolute Gasteiger partial charge is 0.385 e. The van der Waals surface area contributed by atoms with Gasteiger partial charge in [-0.05, 0) is 33.8 Å². The Morgan fingerprint density at radius 1 is 1.30 bits per heavy atom. The zero-order chi connectivity index (χ0) is 15.2. The Morgan fingerprint density at radius 3 is 2.60 bits per heavy atom.